The number of aliphatic hydroxyl groups is 1. The Labute approximate surface area is 179 Å². The molecule has 0 radical (unpaired) electrons. The second-order valence-electron chi connectivity index (χ2n) is 7.93. The van der Waals surface area contributed by atoms with E-state index in [0.717, 1.165) is 24.5 Å². The number of rotatable bonds is 4. The minimum Gasteiger partial charge on any atom is -0.512 e. The van der Waals surface area contributed by atoms with E-state index >= 15 is 0 Å². The van der Waals surface area contributed by atoms with Crippen LogP contribution in [0.5, 0.6) is 11.6 Å². The third-order valence-electron chi connectivity index (χ3n) is 5.92. The summed E-state index contributed by atoms with van der Waals surface area (Å²) in [6.07, 6.45) is 4.35. The fourth-order valence-corrected chi connectivity index (χ4v) is 4.45. The van der Waals surface area contributed by atoms with Crippen LogP contribution in [0.1, 0.15) is 43.7 Å². The van der Waals surface area contributed by atoms with Gasteiger partial charge in [0.15, 0.2) is 11.6 Å². The number of ketones is 1. The average Bonchev–Trinajstić information content (AvgIpc) is 2.70. The minimum atomic E-state index is -0.680. The minimum absolute atomic E-state index is 0.0803. The number of aromatic nitrogens is 1. The highest BCUT2D eigenvalue weighted by Gasteiger charge is 2.41. The molecule has 5 nitrogen and oxygen atoms in total. The van der Waals surface area contributed by atoms with Crippen LogP contribution in [0.4, 0.5) is 4.39 Å². The molecular formula is C23H23ClFNO4. The van der Waals surface area contributed by atoms with Gasteiger partial charge >= 0.3 is 0 Å². The van der Waals surface area contributed by atoms with E-state index in [4.69, 9.17) is 21.1 Å². The Kier molecular flexibility index (Phi) is 5.80. The molecule has 1 saturated heterocycles. The van der Waals surface area contributed by atoms with Crippen LogP contribution in [-0.4, -0.2) is 29.1 Å². The van der Waals surface area contributed by atoms with Gasteiger partial charge in [0, 0.05) is 32.3 Å². The third-order valence-corrected chi connectivity index (χ3v) is 6.13. The highest BCUT2D eigenvalue weighted by molar-refractivity contribution is 6.30. The molecule has 1 aliphatic carbocycles. The Morgan fingerprint density at radius 1 is 1.27 bits per heavy atom. The smallest absolute Gasteiger partial charge is 0.255 e. The van der Waals surface area contributed by atoms with Crippen molar-refractivity contribution in [3.63, 3.8) is 0 Å². The number of aliphatic hydroxyl groups excluding tert-OH is 1. The zero-order valence-corrected chi connectivity index (χ0v) is 17.5. The molecular weight excluding hydrogens is 409 g/mol. The Balaban J connectivity index is 1.69. The zero-order valence-electron chi connectivity index (χ0n) is 16.7. The monoisotopic (exact) mass is 431 g/mol. The number of nitrogens with zero attached hydrogens (tertiary/aromatic N) is 1. The lowest BCUT2D eigenvalue weighted by atomic mass is 9.67. The first-order chi connectivity index (χ1) is 14.4. The maximum Gasteiger partial charge on any atom is 0.255 e. The molecule has 1 aliphatic heterocycles. The van der Waals surface area contributed by atoms with Gasteiger partial charge in [0.25, 0.3) is 5.88 Å². The summed E-state index contributed by atoms with van der Waals surface area (Å²) in [5.41, 5.74) is 1.64. The molecule has 1 aromatic carbocycles. The Morgan fingerprint density at radius 3 is 2.70 bits per heavy atom. The number of ether oxygens (including phenoxy) is 2. The van der Waals surface area contributed by atoms with Crippen LogP contribution < -0.4 is 4.74 Å². The van der Waals surface area contributed by atoms with E-state index in [1.807, 2.05) is 13.0 Å². The molecule has 7 heteroatoms. The van der Waals surface area contributed by atoms with Gasteiger partial charge in [0.1, 0.15) is 11.5 Å². The van der Waals surface area contributed by atoms with Gasteiger partial charge in [-0.15, -0.1) is 0 Å². The number of aryl methyl sites for hydroxylation is 1. The van der Waals surface area contributed by atoms with E-state index in [1.54, 1.807) is 12.1 Å². The highest BCUT2D eigenvalue weighted by atomic mass is 35.5. The number of carbonyl (C=O) groups is 1. The van der Waals surface area contributed by atoms with Gasteiger partial charge in [-0.25, -0.2) is 9.37 Å². The molecule has 1 aromatic heterocycles. The van der Waals surface area contributed by atoms with Crippen LogP contribution in [-0.2, 0) is 16.0 Å². The van der Waals surface area contributed by atoms with Gasteiger partial charge in [-0.3, -0.25) is 4.79 Å². The van der Waals surface area contributed by atoms with Gasteiger partial charge in [-0.05, 0) is 54.0 Å². The molecule has 2 aromatic rings. The van der Waals surface area contributed by atoms with Crippen molar-refractivity contribution in [3.8, 4) is 11.6 Å². The predicted octanol–water partition coefficient (Wildman–Crippen LogP) is 5.66. The van der Waals surface area contributed by atoms with Crippen molar-refractivity contribution in [3.05, 3.63) is 58.2 Å². The summed E-state index contributed by atoms with van der Waals surface area (Å²) < 4.78 is 25.1. The number of allylic oxidation sites excluding steroid dienone is 2. The molecule has 4 rings (SSSR count). The Morgan fingerprint density at radius 2 is 2.03 bits per heavy atom. The van der Waals surface area contributed by atoms with Crippen molar-refractivity contribution in [2.45, 2.75) is 39.0 Å². The van der Waals surface area contributed by atoms with Gasteiger partial charge in [-0.1, -0.05) is 24.6 Å². The topological polar surface area (TPSA) is 68.7 Å². The third kappa shape index (κ3) is 4.07. The van der Waals surface area contributed by atoms with Gasteiger partial charge in [-0.2, -0.15) is 0 Å². The predicted molar refractivity (Wildman–Crippen MR) is 111 cm³/mol. The summed E-state index contributed by atoms with van der Waals surface area (Å²) in [6.45, 7) is 3.20. The van der Waals surface area contributed by atoms with E-state index in [1.165, 1.54) is 6.20 Å². The van der Waals surface area contributed by atoms with Crippen molar-refractivity contribution < 1.29 is 23.8 Å². The van der Waals surface area contributed by atoms with Crippen molar-refractivity contribution >= 4 is 23.0 Å². The maximum absolute atomic E-state index is 14.1. The maximum atomic E-state index is 14.1. The van der Waals surface area contributed by atoms with E-state index in [-0.39, 0.29) is 27.9 Å². The van der Waals surface area contributed by atoms with Crippen molar-refractivity contribution in [2.75, 3.05) is 13.2 Å². The number of halogens is 2. The number of carbonyl (C=O) groups excluding carboxylic acids is 1. The number of hydrogen-bond donors (Lipinski definition) is 1. The van der Waals surface area contributed by atoms with E-state index < -0.39 is 5.82 Å². The van der Waals surface area contributed by atoms with Crippen LogP contribution >= 0.6 is 11.6 Å². The first-order valence-electron chi connectivity index (χ1n) is 10.1. The Bertz CT molecular complexity index is 1010. The lowest BCUT2D eigenvalue weighted by molar-refractivity contribution is -0.118. The first kappa shape index (κ1) is 20.8. The molecule has 2 heterocycles. The lowest BCUT2D eigenvalue weighted by Crippen LogP contribution is -2.36. The van der Waals surface area contributed by atoms with Gasteiger partial charge in [0.2, 0.25) is 0 Å². The van der Waals surface area contributed by atoms with Crippen LogP contribution in [0.15, 0.2) is 36.2 Å². The molecule has 2 aliphatic rings. The number of benzene rings is 1. The molecule has 1 fully saturated rings. The molecule has 0 amide bonds. The van der Waals surface area contributed by atoms with E-state index in [2.05, 4.69) is 4.98 Å². The van der Waals surface area contributed by atoms with Crippen LogP contribution in [0.2, 0.25) is 5.02 Å². The van der Waals surface area contributed by atoms with Gasteiger partial charge in [0.05, 0.1) is 10.6 Å². The standard InChI is InChI=1S/C23H23ClFNO4/c1-2-14-3-4-16(30-22-18(25)9-15(24)13-26-22)10-17(14)21-19(27)11-23(12-20(21)28)5-7-29-8-6-23/h3-4,9-10,13,27H,2,5-8,11-12H2,1H3. The number of pyridine rings is 1. The highest BCUT2D eigenvalue weighted by Crippen LogP contribution is 2.47. The molecule has 1 N–H and O–H groups in total. The summed E-state index contributed by atoms with van der Waals surface area (Å²) in [7, 11) is 0. The van der Waals surface area contributed by atoms with Crippen LogP contribution in [0.3, 0.4) is 0 Å². The molecule has 0 bridgehead atoms. The van der Waals surface area contributed by atoms with Gasteiger partial charge < -0.3 is 14.6 Å². The quantitative estimate of drug-likeness (QED) is 0.676. The fraction of sp³-hybridized carbons (Fsp3) is 0.391. The zero-order chi connectivity index (χ0) is 21.3. The van der Waals surface area contributed by atoms with Crippen LogP contribution in [0, 0.1) is 11.2 Å². The van der Waals surface area contributed by atoms with Crippen molar-refractivity contribution in [2.24, 2.45) is 5.41 Å². The summed E-state index contributed by atoms with van der Waals surface area (Å²) in [5, 5.41) is 11.0. The summed E-state index contributed by atoms with van der Waals surface area (Å²) in [6, 6.07) is 6.31. The number of Topliss-reactive ketones (excluding diaryl/α,β-unsaturated/α-hetero) is 1. The SMILES string of the molecule is CCc1ccc(Oc2ncc(Cl)cc2F)cc1C1=C(O)CC2(CCOCC2)CC1=O. The summed E-state index contributed by atoms with van der Waals surface area (Å²) in [5.74, 6) is -0.528. The Hall–Kier alpha value is -2.44. The normalized spacial score (nSPS) is 18.7. The summed E-state index contributed by atoms with van der Waals surface area (Å²) in [4.78, 5) is 17.0. The molecule has 158 valence electrons. The van der Waals surface area contributed by atoms with Crippen LogP contribution in [0.25, 0.3) is 5.57 Å². The van der Waals surface area contributed by atoms with Crippen molar-refractivity contribution in [1.82, 2.24) is 4.98 Å². The first-order valence-corrected chi connectivity index (χ1v) is 10.4. The van der Waals surface area contributed by atoms with E-state index in [9.17, 15) is 14.3 Å². The largest absolute Gasteiger partial charge is 0.512 e. The molecule has 0 unspecified atom stereocenters. The second-order valence-corrected chi connectivity index (χ2v) is 8.36. The lowest BCUT2D eigenvalue weighted by Gasteiger charge is -2.39. The summed E-state index contributed by atoms with van der Waals surface area (Å²) >= 11 is 5.74. The second kappa shape index (κ2) is 8.36. The molecule has 1 spiro atoms. The average molecular weight is 432 g/mol. The van der Waals surface area contributed by atoms with E-state index in [0.29, 0.717) is 49.4 Å². The number of hydrogen-bond acceptors (Lipinski definition) is 5. The molecule has 0 saturated carbocycles. The molecule has 0 atom stereocenters. The fourth-order valence-electron chi connectivity index (χ4n) is 4.31. The van der Waals surface area contributed by atoms with Crippen molar-refractivity contribution in [1.29, 1.82) is 0 Å². The molecule has 30 heavy (non-hydrogen) atoms.